The van der Waals surface area contributed by atoms with E-state index in [1.54, 1.807) is 30.3 Å². The molecule has 0 spiro atoms. The first-order chi connectivity index (χ1) is 18.4. The van der Waals surface area contributed by atoms with Crippen molar-refractivity contribution in [2.45, 2.75) is 18.9 Å². The average Bonchev–Trinajstić information content (AvgIpc) is 3.42. The van der Waals surface area contributed by atoms with E-state index in [2.05, 4.69) is 30.9 Å². The Labute approximate surface area is 224 Å². The van der Waals surface area contributed by atoms with Crippen molar-refractivity contribution in [2.75, 3.05) is 40.3 Å². The lowest BCUT2D eigenvalue weighted by atomic mass is 10.0. The fourth-order valence-corrected chi connectivity index (χ4v) is 3.99. The highest BCUT2D eigenvalue weighted by Gasteiger charge is 2.22. The van der Waals surface area contributed by atoms with E-state index >= 15 is 0 Å². The minimum absolute atomic E-state index is 0.312. The molecule has 1 aromatic heterocycles. The number of carbonyl (C=O) groups excluding carboxylic acids is 2. The first kappa shape index (κ1) is 28.3. The Hall–Kier alpha value is -4.23. The quantitative estimate of drug-likeness (QED) is 0.159. The van der Waals surface area contributed by atoms with Gasteiger partial charge in [0.15, 0.2) is 11.5 Å². The summed E-state index contributed by atoms with van der Waals surface area (Å²) in [6.45, 7) is 0.312. The van der Waals surface area contributed by atoms with E-state index in [9.17, 15) is 9.59 Å². The molecule has 13 nitrogen and oxygen atoms in total. The number of nitrogens with one attached hydrogen (secondary N) is 4. The van der Waals surface area contributed by atoms with Crippen LogP contribution in [0.3, 0.4) is 0 Å². The number of urea groups is 1. The summed E-state index contributed by atoms with van der Waals surface area (Å²) in [4.78, 5) is 26.2. The van der Waals surface area contributed by atoms with Crippen LogP contribution in [0.2, 0.25) is 0 Å². The summed E-state index contributed by atoms with van der Waals surface area (Å²) in [7, 11) is 6.08. The van der Waals surface area contributed by atoms with Crippen molar-refractivity contribution in [2.24, 2.45) is 5.73 Å². The fourth-order valence-electron chi connectivity index (χ4n) is 3.78. The van der Waals surface area contributed by atoms with Gasteiger partial charge in [-0.25, -0.2) is 9.63 Å². The second-order valence-corrected chi connectivity index (χ2v) is 8.15. The maximum Gasteiger partial charge on any atom is 0.312 e. The molecule has 38 heavy (non-hydrogen) atoms. The number of benzene rings is 2. The Morgan fingerprint density at radius 2 is 1.58 bits per heavy atom. The summed E-state index contributed by atoms with van der Waals surface area (Å²) in [5.41, 5.74) is 7.83. The van der Waals surface area contributed by atoms with E-state index in [1.807, 2.05) is 0 Å². The third-order valence-electron chi connectivity index (χ3n) is 5.63. The monoisotopic (exact) mass is 547 g/mol. The van der Waals surface area contributed by atoms with E-state index in [4.69, 9.17) is 36.5 Å². The Morgan fingerprint density at radius 3 is 2.13 bits per heavy atom. The second-order valence-electron chi connectivity index (χ2n) is 7.93. The molecule has 3 amide bonds. The molecular weight excluding hydrogens is 518 g/mol. The first-order valence-corrected chi connectivity index (χ1v) is 11.8. The molecular formula is C24H30ClN7O6. The van der Waals surface area contributed by atoms with Crippen LogP contribution in [-0.4, -0.2) is 68.4 Å². The average molecular weight is 548 g/mol. The van der Waals surface area contributed by atoms with Crippen molar-refractivity contribution in [1.29, 1.82) is 0 Å². The number of anilines is 1. The van der Waals surface area contributed by atoms with Crippen molar-refractivity contribution >= 4 is 29.4 Å². The Balaban J connectivity index is 1.91. The molecule has 0 fully saturated rings. The van der Waals surface area contributed by atoms with E-state index in [0.29, 0.717) is 70.6 Å². The molecule has 0 radical (unpaired) electrons. The Kier molecular flexibility index (Phi) is 9.96. The zero-order valence-electron chi connectivity index (χ0n) is 21.4. The molecule has 204 valence electrons. The topological polar surface area (TPSA) is 175 Å². The van der Waals surface area contributed by atoms with Crippen LogP contribution in [0.1, 0.15) is 12.8 Å². The normalized spacial score (nSPS) is 11.4. The maximum absolute atomic E-state index is 12.9. The molecule has 1 atom stereocenters. The number of hydrogen-bond acceptors (Lipinski definition) is 9. The van der Waals surface area contributed by atoms with E-state index in [-0.39, 0.29) is 5.91 Å². The minimum Gasteiger partial charge on any atom is -0.495 e. The number of nitrogens with zero attached hydrogens (tertiary/aromatic N) is 2. The summed E-state index contributed by atoms with van der Waals surface area (Å²) in [5, 5.41) is 16.6. The predicted octanol–water partition coefficient (Wildman–Crippen LogP) is 2.67. The molecule has 6 N–H and O–H groups in total. The molecule has 1 heterocycles. The number of methoxy groups -OCH3 is 4. The van der Waals surface area contributed by atoms with Gasteiger partial charge in [-0.1, -0.05) is 0 Å². The lowest BCUT2D eigenvalue weighted by molar-refractivity contribution is -0.117. The number of rotatable bonds is 13. The van der Waals surface area contributed by atoms with Gasteiger partial charge in [0.05, 0.1) is 34.1 Å². The lowest BCUT2D eigenvalue weighted by Gasteiger charge is -2.17. The van der Waals surface area contributed by atoms with Crippen LogP contribution < -0.4 is 40.2 Å². The molecule has 14 heteroatoms. The summed E-state index contributed by atoms with van der Waals surface area (Å²) >= 11 is 5.81. The van der Waals surface area contributed by atoms with Gasteiger partial charge in [-0.15, -0.1) is 0 Å². The molecule has 0 aliphatic rings. The number of ether oxygens (including phenoxy) is 4. The van der Waals surface area contributed by atoms with Gasteiger partial charge in [0.2, 0.25) is 11.7 Å². The summed E-state index contributed by atoms with van der Waals surface area (Å²) < 4.78 is 21.8. The Bertz CT molecular complexity index is 1240. The highest BCUT2D eigenvalue weighted by molar-refractivity contribution is 6.15. The molecule has 0 bridgehead atoms. The van der Waals surface area contributed by atoms with Gasteiger partial charge in [-0.2, -0.15) is 15.4 Å². The third kappa shape index (κ3) is 6.55. The van der Waals surface area contributed by atoms with Gasteiger partial charge in [-0.05, 0) is 55.0 Å². The van der Waals surface area contributed by atoms with Gasteiger partial charge in [0.25, 0.3) is 0 Å². The number of aromatic nitrogens is 3. The number of primary amides is 1. The van der Waals surface area contributed by atoms with Gasteiger partial charge in [0, 0.05) is 17.7 Å². The minimum atomic E-state index is -0.735. The molecule has 0 aliphatic carbocycles. The molecule has 1 unspecified atom stereocenters. The number of aromatic amines is 1. The van der Waals surface area contributed by atoms with Crippen LogP contribution in [0.4, 0.5) is 10.5 Å². The van der Waals surface area contributed by atoms with Crippen molar-refractivity contribution < 1.29 is 28.5 Å². The van der Waals surface area contributed by atoms with E-state index in [1.165, 1.54) is 28.4 Å². The standard InChI is InChI=1S/C24H30ClN7O6/c1-35-17-8-7-13(10-16(17)28-23(33)15(29-25)6-5-9-27-24(26)34)20-21(31-32-30-20)14-11-18(36-2)22(38-4)19(12-14)37-3/h7-8,10-12,15,29H,5-6,9H2,1-4H3,(H,28,33)(H3,26,27,34)(H,30,31,32). The zero-order chi connectivity index (χ0) is 27.7. The van der Waals surface area contributed by atoms with Gasteiger partial charge in [-0.3, -0.25) is 4.79 Å². The molecule has 0 saturated heterocycles. The highest BCUT2D eigenvalue weighted by atomic mass is 35.5. The zero-order valence-corrected chi connectivity index (χ0v) is 22.1. The van der Waals surface area contributed by atoms with Crippen LogP contribution in [-0.2, 0) is 4.79 Å². The van der Waals surface area contributed by atoms with Gasteiger partial charge < -0.3 is 35.3 Å². The number of amides is 3. The third-order valence-corrected chi connectivity index (χ3v) is 5.90. The van der Waals surface area contributed by atoms with Gasteiger partial charge in [0.1, 0.15) is 23.2 Å². The highest BCUT2D eigenvalue weighted by Crippen LogP contribution is 2.42. The largest absolute Gasteiger partial charge is 0.495 e. The van der Waals surface area contributed by atoms with Crippen LogP contribution in [0.15, 0.2) is 30.3 Å². The maximum atomic E-state index is 12.9. The molecule has 0 saturated carbocycles. The second kappa shape index (κ2) is 13.4. The molecule has 0 aliphatic heterocycles. The molecule has 3 aromatic rings. The van der Waals surface area contributed by atoms with Crippen molar-refractivity contribution in [1.82, 2.24) is 25.6 Å². The van der Waals surface area contributed by atoms with Crippen LogP contribution >= 0.6 is 11.8 Å². The van der Waals surface area contributed by atoms with Crippen LogP contribution in [0.25, 0.3) is 22.5 Å². The molecule has 2 aromatic carbocycles. The number of carbonyl (C=O) groups is 2. The SMILES string of the molecule is COc1ccc(-c2n[nH]nc2-c2cc(OC)c(OC)c(OC)c2)cc1NC(=O)C(CCCNC(N)=O)NCl. The lowest BCUT2D eigenvalue weighted by Crippen LogP contribution is -2.37. The van der Waals surface area contributed by atoms with Crippen molar-refractivity contribution in [3.63, 3.8) is 0 Å². The number of nitrogens with two attached hydrogens (primary N) is 1. The first-order valence-electron chi connectivity index (χ1n) is 11.5. The predicted molar refractivity (Wildman–Crippen MR) is 142 cm³/mol. The summed E-state index contributed by atoms with van der Waals surface area (Å²) in [5.74, 6) is 1.42. The smallest absolute Gasteiger partial charge is 0.312 e. The van der Waals surface area contributed by atoms with Crippen molar-refractivity contribution in [3.8, 4) is 45.5 Å². The Morgan fingerprint density at radius 1 is 0.947 bits per heavy atom. The fraction of sp³-hybridized carbons (Fsp3) is 0.333. The summed E-state index contributed by atoms with van der Waals surface area (Å²) in [6.07, 6.45) is 0.835. The number of hydrogen-bond donors (Lipinski definition) is 5. The van der Waals surface area contributed by atoms with Crippen LogP contribution in [0.5, 0.6) is 23.0 Å². The van der Waals surface area contributed by atoms with E-state index in [0.717, 1.165) is 0 Å². The van der Waals surface area contributed by atoms with Crippen molar-refractivity contribution in [3.05, 3.63) is 30.3 Å². The summed E-state index contributed by atoms with van der Waals surface area (Å²) in [6, 6.07) is 7.37. The number of H-pyrrole nitrogens is 1. The number of halogens is 1. The molecule has 3 rings (SSSR count). The van der Waals surface area contributed by atoms with Crippen LogP contribution in [0, 0.1) is 0 Å². The van der Waals surface area contributed by atoms with Gasteiger partial charge >= 0.3 is 6.03 Å². The van der Waals surface area contributed by atoms with E-state index < -0.39 is 12.1 Å².